The molecule has 0 saturated heterocycles. The van der Waals surface area contributed by atoms with E-state index in [9.17, 15) is 9.18 Å². The van der Waals surface area contributed by atoms with E-state index in [0.29, 0.717) is 11.3 Å². The second-order valence-corrected chi connectivity index (χ2v) is 3.76. The van der Waals surface area contributed by atoms with E-state index in [1.54, 1.807) is 6.92 Å². The monoisotopic (exact) mass is 226 g/mol. The van der Waals surface area contributed by atoms with Crippen LogP contribution in [-0.2, 0) is 0 Å². The van der Waals surface area contributed by atoms with Gasteiger partial charge in [0.15, 0.2) is 0 Å². The normalized spacial score (nSPS) is 12.2. The summed E-state index contributed by atoms with van der Waals surface area (Å²) in [5, 5.41) is 11.2. The number of carbonyl (C=O) groups is 1. The predicted octanol–water partition coefficient (Wildman–Crippen LogP) is 0.827. The molecule has 0 fully saturated rings. The van der Waals surface area contributed by atoms with Crippen molar-refractivity contribution < 1.29 is 14.3 Å². The molecule has 4 nitrogen and oxygen atoms in total. The average molecular weight is 226 g/mol. The number of nitrogens with two attached hydrogens (primary N) is 1. The average Bonchev–Trinajstić information content (AvgIpc) is 2.22. The molecule has 1 amide bonds. The van der Waals surface area contributed by atoms with E-state index in [0.717, 1.165) is 0 Å². The first-order valence-corrected chi connectivity index (χ1v) is 4.93. The number of carbonyl (C=O) groups excluding carboxylic acids is 1. The molecular weight excluding hydrogens is 211 g/mol. The van der Waals surface area contributed by atoms with Crippen LogP contribution in [0.1, 0.15) is 22.8 Å². The van der Waals surface area contributed by atoms with Crippen molar-refractivity contribution in [3.8, 4) is 0 Å². The van der Waals surface area contributed by atoms with Gasteiger partial charge in [0, 0.05) is 11.7 Å². The number of hydrogen-bond acceptors (Lipinski definition) is 3. The lowest BCUT2D eigenvalue weighted by atomic mass is 10.1. The Morgan fingerprint density at radius 3 is 2.81 bits per heavy atom. The number of nitrogen functional groups attached to an aromatic ring is 1. The SMILES string of the molecule is Cc1cc(N)cc(C(=O)NC(C)CO)c1F. The van der Waals surface area contributed by atoms with Crippen molar-refractivity contribution in [2.75, 3.05) is 12.3 Å². The summed E-state index contributed by atoms with van der Waals surface area (Å²) in [4.78, 5) is 11.6. The number of hydrogen-bond donors (Lipinski definition) is 3. The summed E-state index contributed by atoms with van der Waals surface area (Å²) in [6.45, 7) is 2.96. The van der Waals surface area contributed by atoms with Crippen LogP contribution in [-0.4, -0.2) is 23.7 Å². The Morgan fingerprint density at radius 2 is 2.25 bits per heavy atom. The van der Waals surface area contributed by atoms with Crippen LogP contribution < -0.4 is 11.1 Å². The Labute approximate surface area is 93.3 Å². The highest BCUT2D eigenvalue weighted by Gasteiger charge is 2.16. The maximum Gasteiger partial charge on any atom is 0.254 e. The van der Waals surface area contributed by atoms with Crippen LogP contribution in [0.3, 0.4) is 0 Å². The fourth-order valence-corrected chi connectivity index (χ4v) is 1.31. The molecule has 0 aromatic heterocycles. The highest BCUT2D eigenvalue weighted by atomic mass is 19.1. The van der Waals surface area contributed by atoms with E-state index in [4.69, 9.17) is 10.8 Å². The zero-order valence-electron chi connectivity index (χ0n) is 9.25. The van der Waals surface area contributed by atoms with Gasteiger partial charge in [-0.3, -0.25) is 4.79 Å². The van der Waals surface area contributed by atoms with Crippen molar-refractivity contribution in [3.05, 3.63) is 29.1 Å². The molecule has 0 heterocycles. The smallest absolute Gasteiger partial charge is 0.254 e. The quantitative estimate of drug-likeness (QED) is 0.668. The molecule has 0 bridgehead atoms. The number of benzene rings is 1. The van der Waals surface area contributed by atoms with Gasteiger partial charge in [0.1, 0.15) is 5.82 Å². The van der Waals surface area contributed by atoms with Crippen molar-refractivity contribution in [1.82, 2.24) is 5.32 Å². The van der Waals surface area contributed by atoms with E-state index in [1.807, 2.05) is 0 Å². The first-order chi connectivity index (χ1) is 7.45. The summed E-state index contributed by atoms with van der Waals surface area (Å²) < 4.78 is 13.6. The molecule has 1 aromatic carbocycles. The molecule has 16 heavy (non-hydrogen) atoms. The molecule has 0 saturated carbocycles. The lowest BCUT2D eigenvalue weighted by molar-refractivity contribution is 0.0918. The highest BCUT2D eigenvalue weighted by Crippen LogP contribution is 2.17. The third-order valence-electron chi connectivity index (χ3n) is 2.17. The molecule has 0 aliphatic heterocycles. The van der Waals surface area contributed by atoms with Crippen molar-refractivity contribution in [2.24, 2.45) is 0 Å². The number of aliphatic hydroxyl groups excluding tert-OH is 1. The third kappa shape index (κ3) is 2.70. The molecule has 1 aromatic rings. The number of halogens is 1. The molecule has 0 spiro atoms. The van der Waals surface area contributed by atoms with Gasteiger partial charge in [-0.05, 0) is 31.5 Å². The van der Waals surface area contributed by atoms with Crippen LogP contribution in [0.5, 0.6) is 0 Å². The summed E-state index contributed by atoms with van der Waals surface area (Å²) >= 11 is 0. The largest absolute Gasteiger partial charge is 0.399 e. The number of aryl methyl sites for hydroxylation is 1. The summed E-state index contributed by atoms with van der Waals surface area (Å²) in [6, 6.07) is 2.32. The zero-order chi connectivity index (χ0) is 12.3. The Morgan fingerprint density at radius 1 is 1.62 bits per heavy atom. The van der Waals surface area contributed by atoms with Crippen molar-refractivity contribution in [2.45, 2.75) is 19.9 Å². The number of nitrogens with one attached hydrogen (secondary N) is 1. The number of amides is 1. The molecule has 1 atom stereocenters. The molecule has 0 aliphatic carbocycles. The Hall–Kier alpha value is -1.62. The maximum absolute atomic E-state index is 13.6. The minimum atomic E-state index is -0.586. The molecule has 1 unspecified atom stereocenters. The molecule has 1 rings (SSSR count). The van der Waals surface area contributed by atoms with Crippen LogP contribution in [0.4, 0.5) is 10.1 Å². The minimum absolute atomic E-state index is 0.0993. The molecular formula is C11H15FN2O2. The Bertz CT molecular complexity index is 407. The van der Waals surface area contributed by atoms with Gasteiger partial charge in [0.05, 0.1) is 12.2 Å². The van der Waals surface area contributed by atoms with Gasteiger partial charge in [-0.2, -0.15) is 0 Å². The van der Waals surface area contributed by atoms with Gasteiger partial charge in [-0.1, -0.05) is 0 Å². The summed E-state index contributed by atoms with van der Waals surface area (Å²) in [5.74, 6) is -1.16. The van der Waals surface area contributed by atoms with Crippen LogP contribution in [0, 0.1) is 12.7 Å². The third-order valence-corrected chi connectivity index (χ3v) is 2.17. The van der Waals surface area contributed by atoms with E-state index >= 15 is 0 Å². The first kappa shape index (κ1) is 12.4. The molecule has 0 aliphatic rings. The van der Waals surface area contributed by atoms with Crippen molar-refractivity contribution in [3.63, 3.8) is 0 Å². The van der Waals surface area contributed by atoms with Crippen LogP contribution in [0.2, 0.25) is 0 Å². The van der Waals surface area contributed by atoms with E-state index < -0.39 is 17.8 Å². The molecule has 0 radical (unpaired) electrons. The predicted molar refractivity (Wildman–Crippen MR) is 59.6 cm³/mol. The van der Waals surface area contributed by atoms with Gasteiger partial charge in [0.2, 0.25) is 0 Å². The van der Waals surface area contributed by atoms with E-state index in [2.05, 4.69) is 5.32 Å². The molecule has 4 N–H and O–H groups in total. The van der Waals surface area contributed by atoms with E-state index in [-0.39, 0.29) is 12.2 Å². The number of rotatable bonds is 3. The van der Waals surface area contributed by atoms with Crippen LogP contribution >= 0.6 is 0 Å². The highest BCUT2D eigenvalue weighted by molar-refractivity contribution is 5.95. The summed E-state index contributed by atoms with van der Waals surface area (Å²) in [7, 11) is 0. The fraction of sp³-hybridized carbons (Fsp3) is 0.364. The standard InChI is InChI=1S/C11H15FN2O2/c1-6-3-8(13)4-9(10(6)12)11(16)14-7(2)5-15/h3-4,7,15H,5,13H2,1-2H3,(H,14,16). The van der Waals surface area contributed by atoms with Gasteiger partial charge in [-0.25, -0.2) is 4.39 Å². The lowest BCUT2D eigenvalue weighted by Gasteiger charge is -2.12. The van der Waals surface area contributed by atoms with Gasteiger partial charge in [-0.15, -0.1) is 0 Å². The van der Waals surface area contributed by atoms with Gasteiger partial charge >= 0.3 is 0 Å². The van der Waals surface area contributed by atoms with Crippen LogP contribution in [0.15, 0.2) is 12.1 Å². The van der Waals surface area contributed by atoms with Gasteiger partial charge in [0.25, 0.3) is 5.91 Å². The number of anilines is 1. The fourth-order valence-electron chi connectivity index (χ4n) is 1.31. The number of aliphatic hydroxyl groups is 1. The van der Waals surface area contributed by atoms with Gasteiger partial charge < -0.3 is 16.2 Å². The van der Waals surface area contributed by atoms with Crippen LogP contribution in [0.25, 0.3) is 0 Å². The maximum atomic E-state index is 13.6. The molecule has 88 valence electrons. The first-order valence-electron chi connectivity index (χ1n) is 4.93. The van der Waals surface area contributed by atoms with Crippen molar-refractivity contribution >= 4 is 11.6 Å². The van der Waals surface area contributed by atoms with Crippen molar-refractivity contribution in [1.29, 1.82) is 0 Å². The topological polar surface area (TPSA) is 75.4 Å². The lowest BCUT2D eigenvalue weighted by Crippen LogP contribution is -2.35. The summed E-state index contributed by atoms with van der Waals surface area (Å²) in [6.07, 6.45) is 0. The second kappa shape index (κ2) is 4.94. The minimum Gasteiger partial charge on any atom is -0.399 e. The summed E-state index contributed by atoms with van der Waals surface area (Å²) in [5.41, 5.74) is 6.09. The van der Waals surface area contributed by atoms with E-state index in [1.165, 1.54) is 19.1 Å². The second-order valence-electron chi connectivity index (χ2n) is 3.76. The Kier molecular flexibility index (Phi) is 3.84. The molecule has 5 heteroatoms. The Balaban J connectivity index is 2.99. The zero-order valence-corrected chi connectivity index (χ0v) is 9.25.